The third kappa shape index (κ3) is 4.07. The van der Waals surface area contributed by atoms with E-state index in [1.165, 1.54) is 17.4 Å². The Labute approximate surface area is 130 Å². The third-order valence-electron chi connectivity index (χ3n) is 2.38. The summed E-state index contributed by atoms with van der Waals surface area (Å²) >= 11 is 7.08. The molecule has 1 aromatic heterocycles. The van der Waals surface area contributed by atoms with Gasteiger partial charge < -0.3 is 14.8 Å². The lowest BCUT2D eigenvalue weighted by atomic mass is 9.79. The summed E-state index contributed by atoms with van der Waals surface area (Å²) in [6.07, 6.45) is -0.626. The molecule has 2 rings (SSSR count). The Morgan fingerprint density at radius 3 is 2.67 bits per heavy atom. The lowest BCUT2D eigenvalue weighted by Gasteiger charge is -2.18. The van der Waals surface area contributed by atoms with Crippen molar-refractivity contribution in [3.8, 4) is 0 Å². The predicted molar refractivity (Wildman–Crippen MR) is 84.3 cm³/mol. The van der Waals surface area contributed by atoms with Crippen LogP contribution in [0.25, 0.3) is 10.2 Å². The van der Waals surface area contributed by atoms with Crippen LogP contribution in [0.15, 0.2) is 12.1 Å². The number of ether oxygens (including phenoxy) is 1. The Balaban J connectivity index is 2.31. The highest BCUT2D eigenvalue weighted by Gasteiger charge is 2.21. The van der Waals surface area contributed by atoms with Gasteiger partial charge in [0, 0.05) is 10.5 Å². The number of benzene rings is 1. The van der Waals surface area contributed by atoms with E-state index in [4.69, 9.17) is 16.3 Å². The second kappa shape index (κ2) is 5.80. The van der Waals surface area contributed by atoms with Crippen LogP contribution in [-0.4, -0.2) is 33.8 Å². The molecule has 0 saturated carbocycles. The first-order chi connectivity index (χ1) is 9.65. The van der Waals surface area contributed by atoms with Crippen LogP contribution in [-0.2, 0) is 4.74 Å². The van der Waals surface area contributed by atoms with Crippen molar-refractivity contribution >= 4 is 57.0 Å². The van der Waals surface area contributed by atoms with Gasteiger partial charge in [-0.05, 0) is 32.9 Å². The summed E-state index contributed by atoms with van der Waals surface area (Å²) in [7, 11) is -1.69. The van der Waals surface area contributed by atoms with Crippen molar-refractivity contribution in [2.45, 2.75) is 26.4 Å². The molecule has 3 N–H and O–H groups in total. The van der Waals surface area contributed by atoms with Crippen molar-refractivity contribution in [1.29, 1.82) is 0 Å². The molecule has 1 amide bonds. The van der Waals surface area contributed by atoms with E-state index < -0.39 is 18.8 Å². The zero-order valence-corrected chi connectivity index (χ0v) is 13.2. The van der Waals surface area contributed by atoms with Gasteiger partial charge in [-0.3, -0.25) is 5.32 Å². The molecule has 0 bridgehead atoms. The third-order valence-corrected chi connectivity index (χ3v) is 3.51. The van der Waals surface area contributed by atoms with E-state index in [-0.39, 0.29) is 5.46 Å². The molecule has 0 atom stereocenters. The van der Waals surface area contributed by atoms with Crippen molar-refractivity contribution in [3.63, 3.8) is 0 Å². The highest BCUT2D eigenvalue weighted by Crippen LogP contribution is 2.27. The van der Waals surface area contributed by atoms with E-state index >= 15 is 0 Å². The lowest BCUT2D eigenvalue weighted by Crippen LogP contribution is -2.30. The molecule has 0 unspecified atom stereocenters. The first-order valence-electron chi connectivity index (χ1n) is 6.12. The van der Waals surface area contributed by atoms with Gasteiger partial charge >= 0.3 is 13.2 Å². The van der Waals surface area contributed by atoms with Gasteiger partial charge in [-0.1, -0.05) is 22.9 Å². The molecular weight excluding hydrogens is 314 g/mol. The Kier molecular flexibility index (Phi) is 4.43. The number of hydrogen-bond acceptors (Lipinski definition) is 6. The smallest absolute Gasteiger partial charge is 0.444 e. The number of hydrogen-bond donors (Lipinski definition) is 3. The van der Waals surface area contributed by atoms with E-state index in [9.17, 15) is 14.8 Å². The average molecular weight is 329 g/mol. The molecule has 0 fully saturated rings. The first kappa shape index (κ1) is 16.0. The van der Waals surface area contributed by atoms with Crippen LogP contribution in [0.4, 0.5) is 9.93 Å². The number of amides is 1. The summed E-state index contributed by atoms with van der Waals surface area (Å²) in [5.74, 6) is 0. The van der Waals surface area contributed by atoms with Gasteiger partial charge in [0.15, 0.2) is 5.13 Å². The second-order valence-corrected chi connectivity index (χ2v) is 6.83. The molecule has 0 radical (unpaired) electrons. The molecule has 6 nitrogen and oxygen atoms in total. The van der Waals surface area contributed by atoms with Crippen LogP contribution >= 0.6 is 22.9 Å². The van der Waals surface area contributed by atoms with Crippen molar-refractivity contribution in [1.82, 2.24) is 4.98 Å². The van der Waals surface area contributed by atoms with Crippen molar-refractivity contribution in [2.75, 3.05) is 5.32 Å². The van der Waals surface area contributed by atoms with Gasteiger partial charge in [0.2, 0.25) is 0 Å². The summed E-state index contributed by atoms with van der Waals surface area (Å²) in [5, 5.41) is 21.8. The maximum Gasteiger partial charge on any atom is 0.490 e. The van der Waals surface area contributed by atoms with Gasteiger partial charge in [0.05, 0.1) is 10.2 Å². The SMILES string of the molecule is CC(C)(C)OC(=O)Nc1nc2c(B(O)O)cc(Cl)cc2s1. The molecule has 1 aromatic carbocycles. The van der Waals surface area contributed by atoms with Crippen LogP contribution in [0.1, 0.15) is 20.8 Å². The fourth-order valence-electron chi connectivity index (χ4n) is 1.66. The summed E-state index contributed by atoms with van der Waals surface area (Å²) < 4.78 is 5.77. The van der Waals surface area contributed by atoms with Crippen molar-refractivity contribution < 1.29 is 19.6 Å². The number of halogens is 1. The minimum Gasteiger partial charge on any atom is -0.444 e. The summed E-state index contributed by atoms with van der Waals surface area (Å²) in [5.41, 5.74) is -0.0484. The number of aromatic nitrogens is 1. The molecule has 0 saturated heterocycles. The van der Waals surface area contributed by atoms with Gasteiger partial charge in [-0.25, -0.2) is 9.78 Å². The van der Waals surface area contributed by atoms with E-state index in [0.717, 1.165) is 0 Å². The molecule has 0 aliphatic carbocycles. The number of nitrogens with zero attached hydrogens (tertiary/aromatic N) is 1. The highest BCUT2D eigenvalue weighted by atomic mass is 35.5. The minimum absolute atomic E-state index is 0.186. The molecule has 2 aromatic rings. The molecule has 0 aliphatic rings. The number of fused-ring (bicyclic) bond motifs is 1. The van der Waals surface area contributed by atoms with Crippen LogP contribution in [0.2, 0.25) is 5.02 Å². The summed E-state index contributed by atoms with van der Waals surface area (Å²) in [6, 6.07) is 3.06. The van der Waals surface area contributed by atoms with Crippen molar-refractivity contribution in [2.24, 2.45) is 0 Å². The van der Waals surface area contributed by atoms with E-state index in [2.05, 4.69) is 10.3 Å². The van der Waals surface area contributed by atoms with E-state index in [0.29, 0.717) is 20.4 Å². The van der Waals surface area contributed by atoms with Crippen LogP contribution in [0.5, 0.6) is 0 Å². The van der Waals surface area contributed by atoms with Gasteiger partial charge in [-0.2, -0.15) is 0 Å². The zero-order valence-electron chi connectivity index (χ0n) is 11.7. The average Bonchev–Trinajstić information content (AvgIpc) is 2.66. The topological polar surface area (TPSA) is 91.7 Å². The molecule has 21 heavy (non-hydrogen) atoms. The molecule has 9 heteroatoms. The Hall–Kier alpha value is -1.35. The monoisotopic (exact) mass is 328 g/mol. The Morgan fingerprint density at radius 2 is 2.10 bits per heavy atom. The van der Waals surface area contributed by atoms with Crippen LogP contribution in [0, 0.1) is 0 Å². The number of thiazole rings is 1. The maximum absolute atomic E-state index is 11.7. The number of carbonyl (C=O) groups excluding carboxylic acids is 1. The maximum atomic E-state index is 11.7. The van der Waals surface area contributed by atoms with Gasteiger partial charge in [0.1, 0.15) is 5.60 Å². The first-order valence-corrected chi connectivity index (χ1v) is 7.31. The molecular formula is C12H14BClN2O4S. The standard InChI is InChI=1S/C12H14BClN2O4S/c1-12(2,3)20-11(17)16-10-15-9-7(13(18)19)4-6(14)5-8(9)21-10/h4-5,18-19H,1-3H3,(H,15,16,17). The normalized spacial score (nSPS) is 11.5. The molecule has 1 heterocycles. The number of nitrogens with one attached hydrogen (secondary N) is 1. The van der Waals surface area contributed by atoms with Crippen LogP contribution < -0.4 is 10.8 Å². The fraction of sp³-hybridized carbons (Fsp3) is 0.333. The van der Waals surface area contributed by atoms with Crippen LogP contribution in [0.3, 0.4) is 0 Å². The van der Waals surface area contributed by atoms with E-state index in [1.54, 1.807) is 26.8 Å². The van der Waals surface area contributed by atoms with Gasteiger partial charge in [0.25, 0.3) is 0 Å². The lowest BCUT2D eigenvalue weighted by molar-refractivity contribution is 0.0636. The zero-order chi connectivity index (χ0) is 15.8. The Morgan fingerprint density at radius 1 is 1.43 bits per heavy atom. The highest BCUT2D eigenvalue weighted by molar-refractivity contribution is 7.22. The molecule has 0 spiro atoms. The molecule has 0 aliphatic heterocycles. The summed E-state index contributed by atoms with van der Waals surface area (Å²) in [6.45, 7) is 5.26. The van der Waals surface area contributed by atoms with E-state index in [1.807, 2.05) is 0 Å². The summed E-state index contributed by atoms with van der Waals surface area (Å²) in [4.78, 5) is 15.9. The second-order valence-electron chi connectivity index (χ2n) is 5.36. The predicted octanol–water partition coefficient (Wildman–Crippen LogP) is 1.98. The quantitative estimate of drug-likeness (QED) is 0.733. The molecule has 112 valence electrons. The minimum atomic E-state index is -1.69. The van der Waals surface area contributed by atoms with Gasteiger partial charge in [-0.15, -0.1) is 0 Å². The fourth-order valence-corrected chi connectivity index (χ4v) is 2.88. The number of carbonyl (C=O) groups is 1. The number of rotatable bonds is 2. The number of anilines is 1. The Bertz CT molecular complexity index is 684. The van der Waals surface area contributed by atoms with Crippen molar-refractivity contribution in [3.05, 3.63) is 17.2 Å². The largest absolute Gasteiger partial charge is 0.490 e.